The van der Waals surface area contributed by atoms with E-state index in [9.17, 15) is 10.1 Å². The SMILES string of the molecule is O=[N+]([O-])c1ccc(Cl)nc1SCC1CCCO1. The summed E-state index contributed by atoms with van der Waals surface area (Å²) in [6, 6.07) is 2.81. The van der Waals surface area contributed by atoms with Crippen LogP contribution >= 0.6 is 23.4 Å². The van der Waals surface area contributed by atoms with Gasteiger partial charge in [0.25, 0.3) is 0 Å². The van der Waals surface area contributed by atoms with Crippen LogP contribution in [0.2, 0.25) is 5.15 Å². The Balaban J connectivity index is 2.07. The van der Waals surface area contributed by atoms with E-state index in [1.165, 1.54) is 23.9 Å². The van der Waals surface area contributed by atoms with Gasteiger partial charge in [0.1, 0.15) is 5.15 Å². The van der Waals surface area contributed by atoms with Crippen molar-refractivity contribution in [2.75, 3.05) is 12.4 Å². The number of rotatable bonds is 4. The third-order valence-electron chi connectivity index (χ3n) is 2.43. The molecular weight excluding hydrogens is 264 g/mol. The number of thioether (sulfide) groups is 1. The van der Waals surface area contributed by atoms with Crippen molar-refractivity contribution < 1.29 is 9.66 Å². The van der Waals surface area contributed by atoms with Crippen LogP contribution in [0.5, 0.6) is 0 Å². The summed E-state index contributed by atoms with van der Waals surface area (Å²) in [4.78, 5) is 14.4. The Bertz CT molecular complexity index is 424. The summed E-state index contributed by atoms with van der Waals surface area (Å²) in [7, 11) is 0. The van der Waals surface area contributed by atoms with Gasteiger partial charge in [-0.05, 0) is 18.9 Å². The normalized spacial score (nSPS) is 19.5. The number of hydrogen-bond donors (Lipinski definition) is 0. The molecule has 7 heteroatoms. The number of hydrogen-bond acceptors (Lipinski definition) is 5. The van der Waals surface area contributed by atoms with Gasteiger partial charge in [0.05, 0.1) is 11.0 Å². The number of halogens is 1. The summed E-state index contributed by atoms with van der Waals surface area (Å²) in [5, 5.41) is 11.4. The highest BCUT2D eigenvalue weighted by atomic mass is 35.5. The van der Waals surface area contributed by atoms with Gasteiger partial charge in [-0.25, -0.2) is 4.98 Å². The second-order valence-corrected chi connectivity index (χ2v) is 5.06. The molecule has 2 rings (SSSR count). The predicted octanol–water partition coefficient (Wildman–Crippen LogP) is 2.91. The van der Waals surface area contributed by atoms with Crippen molar-refractivity contribution in [3.63, 3.8) is 0 Å². The second-order valence-electron chi connectivity index (χ2n) is 3.66. The van der Waals surface area contributed by atoms with Gasteiger partial charge < -0.3 is 4.74 Å². The number of ether oxygens (including phenoxy) is 1. The highest BCUT2D eigenvalue weighted by Crippen LogP contribution is 2.30. The molecule has 0 saturated carbocycles. The van der Waals surface area contributed by atoms with Crippen LogP contribution in [-0.2, 0) is 4.74 Å². The van der Waals surface area contributed by atoms with Crippen molar-refractivity contribution in [1.29, 1.82) is 0 Å². The lowest BCUT2D eigenvalue weighted by Crippen LogP contribution is -2.08. The number of aromatic nitrogens is 1. The van der Waals surface area contributed by atoms with E-state index in [1.807, 2.05) is 0 Å². The van der Waals surface area contributed by atoms with E-state index in [2.05, 4.69) is 4.98 Å². The Morgan fingerprint density at radius 2 is 2.47 bits per heavy atom. The van der Waals surface area contributed by atoms with Crippen LogP contribution in [0.1, 0.15) is 12.8 Å². The Hall–Kier alpha value is -0.850. The molecule has 1 saturated heterocycles. The molecule has 5 nitrogen and oxygen atoms in total. The summed E-state index contributed by atoms with van der Waals surface area (Å²) >= 11 is 7.06. The minimum Gasteiger partial charge on any atom is -0.377 e. The molecule has 1 aromatic heterocycles. The van der Waals surface area contributed by atoms with Crippen LogP contribution in [-0.4, -0.2) is 28.4 Å². The third kappa shape index (κ3) is 3.31. The smallest absolute Gasteiger partial charge is 0.301 e. The van der Waals surface area contributed by atoms with Gasteiger partial charge >= 0.3 is 5.69 Å². The van der Waals surface area contributed by atoms with E-state index in [0.717, 1.165) is 19.4 Å². The number of pyridine rings is 1. The first-order chi connectivity index (χ1) is 8.16. The van der Waals surface area contributed by atoms with Crippen molar-refractivity contribution >= 4 is 29.1 Å². The van der Waals surface area contributed by atoms with Crippen LogP contribution < -0.4 is 0 Å². The van der Waals surface area contributed by atoms with Gasteiger partial charge in [-0.3, -0.25) is 10.1 Å². The van der Waals surface area contributed by atoms with Gasteiger partial charge in [-0.1, -0.05) is 23.4 Å². The molecule has 1 atom stereocenters. The Morgan fingerprint density at radius 3 is 3.12 bits per heavy atom. The van der Waals surface area contributed by atoms with Crippen LogP contribution in [0.15, 0.2) is 17.2 Å². The molecule has 1 fully saturated rings. The van der Waals surface area contributed by atoms with E-state index in [1.54, 1.807) is 0 Å². The van der Waals surface area contributed by atoms with Crippen molar-refractivity contribution in [3.05, 3.63) is 27.4 Å². The van der Waals surface area contributed by atoms with Crippen LogP contribution in [0.25, 0.3) is 0 Å². The first-order valence-electron chi connectivity index (χ1n) is 5.22. The lowest BCUT2D eigenvalue weighted by atomic mass is 10.3. The summed E-state index contributed by atoms with van der Waals surface area (Å²) in [6.07, 6.45) is 2.22. The average Bonchev–Trinajstić information content (AvgIpc) is 2.78. The first kappa shape index (κ1) is 12.6. The van der Waals surface area contributed by atoms with E-state index in [-0.39, 0.29) is 16.9 Å². The average molecular weight is 275 g/mol. The molecule has 1 aliphatic rings. The van der Waals surface area contributed by atoms with Gasteiger partial charge in [0, 0.05) is 18.4 Å². The lowest BCUT2D eigenvalue weighted by molar-refractivity contribution is -0.388. The Morgan fingerprint density at radius 1 is 1.65 bits per heavy atom. The van der Waals surface area contributed by atoms with Crippen LogP contribution in [0.3, 0.4) is 0 Å². The molecule has 1 unspecified atom stereocenters. The van der Waals surface area contributed by atoms with Crippen molar-refractivity contribution in [1.82, 2.24) is 4.98 Å². The molecule has 2 heterocycles. The van der Waals surface area contributed by atoms with E-state index in [0.29, 0.717) is 10.8 Å². The molecule has 92 valence electrons. The monoisotopic (exact) mass is 274 g/mol. The van der Waals surface area contributed by atoms with Gasteiger partial charge in [-0.15, -0.1) is 0 Å². The molecule has 0 spiro atoms. The zero-order valence-corrected chi connectivity index (χ0v) is 10.5. The van der Waals surface area contributed by atoms with Crippen molar-refractivity contribution in [3.8, 4) is 0 Å². The maximum atomic E-state index is 10.8. The molecule has 0 aliphatic carbocycles. The molecule has 1 aromatic rings. The maximum Gasteiger partial charge on any atom is 0.301 e. The Kier molecular flexibility index (Phi) is 4.20. The highest BCUT2D eigenvalue weighted by Gasteiger charge is 2.20. The quantitative estimate of drug-likeness (QED) is 0.365. The first-order valence-corrected chi connectivity index (χ1v) is 6.58. The van der Waals surface area contributed by atoms with E-state index in [4.69, 9.17) is 16.3 Å². The molecule has 0 bridgehead atoms. The zero-order chi connectivity index (χ0) is 12.3. The molecule has 0 aromatic carbocycles. The van der Waals surface area contributed by atoms with Crippen LogP contribution in [0.4, 0.5) is 5.69 Å². The van der Waals surface area contributed by atoms with E-state index < -0.39 is 4.92 Å². The highest BCUT2D eigenvalue weighted by molar-refractivity contribution is 7.99. The summed E-state index contributed by atoms with van der Waals surface area (Å²) in [5.74, 6) is 0.675. The molecule has 0 amide bonds. The summed E-state index contributed by atoms with van der Waals surface area (Å²) in [5.41, 5.74) is -0.00241. The molecule has 0 N–H and O–H groups in total. The van der Waals surface area contributed by atoms with Gasteiger partial charge in [-0.2, -0.15) is 0 Å². The fourth-order valence-corrected chi connectivity index (χ4v) is 2.86. The molecule has 1 aliphatic heterocycles. The van der Waals surface area contributed by atoms with E-state index >= 15 is 0 Å². The molecular formula is C10H11ClN2O3S. The fraction of sp³-hybridized carbons (Fsp3) is 0.500. The Labute approximate surface area is 108 Å². The molecule has 17 heavy (non-hydrogen) atoms. The number of nitrogens with zero attached hydrogens (tertiary/aromatic N) is 2. The second kappa shape index (κ2) is 5.66. The fourth-order valence-electron chi connectivity index (χ4n) is 1.60. The minimum absolute atomic E-state index is 0.00241. The lowest BCUT2D eigenvalue weighted by Gasteiger charge is -2.08. The van der Waals surface area contributed by atoms with Crippen LogP contribution in [0, 0.1) is 10.1 Å². The minimum atomic E-state index is -0.443. The summed E-state index contributed by atoms with van der Waals surface area (Å²) < 4.78 is 5.45. The van der Waals surface area contributed by atoms with Gasteiger partial charge in [0.2, 0.25) is 0 Å². The van der Waals surface area contributed by atoms with Gasteiger partial charge in [0.15, 0.2) is 5.03 Å². The standard InChI is InChI=1S/C10H11ClN2O3S/c11-9-4-3-8(13(14)15)10(12-9)17-6-7-2-1-5-16-7/h3-4,7H,1-2,5-6H2. The van der Waals surface area contributed by atoms with Crippen molar-refractivity contribution in [2.45, 2.75) is 24.0 Å². The topological polar surface area (TPSA) is 65.3 Å². The maximum absolute atomic E-state index is 10.8. The third-order valence-corrected chi connectivity index (χ3v) is 3.76. The van der Waals surface area contributed by atoms with Crippen molar-refractivity contribution in [2.24, 2.45) is 0 Å². The number of nitro groups is 1. The molecule has 0 radical (unpaired) electrons. The largest absolute Gasteiger partial charge is 0.377 e. The predicted molar refractivity (Wildman–Crippen MR) is 65.6 cm³/mol. The zero-order valence-electron chi connectivity index (χ0n) is 8.97. The summed E-state index contributed by atoms with van der Waals surface area (Å²) in [6.45, 7) is 0.774.